The predicted molar refractivity (Wildman–Crippen MR) is 103 cm³/mol. The molecule has 1 amide bonds. The minimum Gasteiger partial charge on any atom is -0.369 e. The van der Waals surface area contributed by atoms with E-state index in [2.05, 4.69) is 0 Å². The Hall–Kier alpha value is -2.21. The van der Waals surface area contributed by atoms with E-state index < -0.39 is 18.1 Å². The fraction of sp³-hybridized carbons (Fsp3) is 0.409. The molecule has 0 saturated heterocycles. The number of aliphatic hydroxyl groups excluding tert-OH is 2. The Morgan fingerprint density at radius 1 is 1.11 bits per heavy atom. The second-order valence-electron chi connectivity index (χ2n) is 7.56. The molecule has 2 unspecified atom stereocenters. The van der Waals surface area contributed by atoms with Crippen molar-refractivity contribution in [2.75, 3.05) is 6.61 Å². The van der Waals surface area contributed by atoms with Gasteiger partial charge in [0.25, 0.3) is 5.91 Å². The molecule has 0 spiro atoms. The molecule has 0 radical (unpaired) electrons. The summed E-state index contributed by atoms with van der Waals surface area (Å²) < 4.78 is 5.16. The lowest BCUT2D eigenvalue weighted by Crippen LogP contribution is -2.47. The average molecular weight is 369 g/mol. The van der Waals surface area contributed by atoms with Crippen LogP contribution in [0.15, 0.2) is 48.5 Å². The summed E-state index contributed by atoms with van der Waals surface area (Å²) in [5.41, 5.74) is 2.73. The highest BCUT2D eigenvalue weighted by molar-refractivity contribution is 5.99. The number of ether oxygens (including phenoxy) is 1. The van der Waals surface area contributed by atoms with Gasteiger partial charge in [0.05, 0.1) is 0 Å². The molecular weight excluding hydrogens is 342 g/mol. The van der Waals surface area contributed by atoms with Crippen molar-refractivity contribution in [1.29, 1.82) is 0 Å². The van der Waals surface area contributed by atoms with Gasteiger partial charge in [-0.25, -0.2) is 0 Å². The van der Waals surface area contributed by atoms with Gasteiger partial charge in [0, 0.05) is 29.7 Å². The summed E-state index contributed by atoms with van der Waals surface area (Å²) in [4.78, 5) is 14.4. The van der Waals surface area contributed by atoms with Crippen molar-refractivity contribution in [2.45, 2.75) is 51.7 Å². The molecule has 0 aromatic heterocycles. The Balaban J connectivity index is 1.72. The minimum absolute atomic E-state index is 0.139. The van der Waals surface area contributed by atoms with Crippen LogP contribution in [0.1, 0.15) is 54.0 Å². The van der Waals surface area contributed by atoms with Gasteiger partial charge in [-0.2, -0.15) is 0 Å². The fourth-order valence-corrected chi connectivity index (χ4v) is 3.73. The molecule has 2 aromatic carbocycles. The summed E-state index contributed by atoms with van der Waals surface area (Å²) in [7, 11) is 0. The number of amides is 1. The maximum Gasteiger partial charge on any atom is 0.257 e. The third-order valence-corrected chi connectivity index (χ3v) is 5.01. The van der Waals surface area contributed by atoms with E-state index in [1.54, 1.807) is 17.0 Å². The number of benzene rings is 2. The molecule has 0 aliphatic carbocycles. The Morgan fingerprint density at radius 2 is 1.74 bits per heavy atom. The molecule has 1 aliphatic rings. The van der Waals surface area contributed by atoms with E-state index in [4.69, 9.17) is 4.74 Å². The van der Waals surface area contributed by atoms with E-state index in [1.165, 1.54) is 0 Å². The maximum atomic E-state index is 12.8. The molecule has 0 saturated carbocycles. The molecule has 1 aliphatic heterocycles. The molecule has 5 heteroatoms. The average Bonchev–Trinajstić information content (AvgIpc) is 2.88. The molecule has 144 valence electrons. The highest BCUT2D eigenvalue weighted by atomic mass is 16.6. The smallest absolute Gasteiger partial charge is 0.257 e. The lowest BCUT2D eigenvalue weighted by atomic mass is 9.92. The summed E-state index contributed by atoms with van der Waals surface area (Å²) in [5.74, 6) is -0.139. The summed E-state index contributed by atoms with van der Waals surface area (Å²) in [5, 5.41) is 20.4. The molecule has 0 fully saturated rings. The molecular formula is C22H27NO4. The van der Waals surface area contributed by atoms with Gasteiger partial charge in [-0.3, -0.25) is 4.79 Å². The van der Waals surface area contributed by atoms with Crippen molar-refractivity contribution in [3.05, 3.63) is 70.8 Å². The summed E-state index contributed by atoms with van der Waals surface area (Å²) in [6.45, 7) is 6.25. The first-order valence-electron chi connectivity index (χ1n) is 9.31. The van der Waals surface area contributed by atoms with Crippen molar-refractivity contribution in [2.24, 2.45) is 0 Å². The second-order valence-corrected chi connectivity index (χ2v) is 7.56. The van der Waals surface area contributed by atoms with E-state index in [1.807, 2.05) is 57.2 Å². The molecule has 2 aromatic rings. The topological polar surface area (TPSA) is 70.0 Å². The molecule has 2 atom stereocenters. The number of fused-ring (bicyclic) bond motifs is 1. The first-order chi connectivity index (χ1) is 12.8. The zero-order valence-corrected chi connectivity index (χ0v) is 16.1. The van der Waals surface area contributed by atoms with E-state index in [9.17, 15) is 15.0 Å². The Kier molecular flexibility index (Phi) is 5.65. The van der Waals surface area contributed by atoms with Gasteiger partial charge < -0.3 is 19.8 Å². The quantitative estimate of drug-likeness (QED) is 0.736. The third-order valence-electron chi connectivity index (χ3n) is 5.01. The molecule has 0 bridgehead atoms. The van der Waals surface area contributed by atoms with E-state index >= 15 is 0 Å². The Labute approximate surface area is 160 Å². The van der Waals surface area contributed by atoms with Gasteiger partial charge in [-0.1, -0.05) is 42.5 Å². The summed E-state index contributed by atoms with van der Waals surface area (Å²) >= 11 is 0. The maximum absolute atomic E-state index is 12.8. The largest absolute Gasteiger partial charge is 0.369 e. The first kappa shape index (κ1) is 19.5. The van der Waals surface area contributed by atoms with Crippen LogP contribution in [0.5, 0.6) is 0 Å². The number of carbonyl (C=O) groups excluding carboxylic acids is 1. The molecule has 3 rings (SSSR count). The van der Waals surface area contributed by atoms with E-state index in [0.717, 1.165) is 11.1 Å². The molecule has 2 N–H and O–H groups in total. The van der Waals surface area contributed by atoms with Gasteiger partial charge >= 0.3 is 0 Å². The van der Waals surface area contributed by atoms with E-state index in [-0.39, 0.29) is 5.91 Å². The van der Waals surface area contributed by atoms with Gasteiger partial charge in [0.2, 0.25) is 0 Å². The van der Waals surface area contributed by atoms with Crippen LogP contribution in [0.2, 0.25) is 0 Å². The summed E-state index contributed by atoms with van der Waals surface area (Å²) in [6.07, 6.45) is -0.675. The normalized spacial score (nSPS) is 17.9. The molecule has 5 nitrogen and oxygen atoms in total. The van der Waals surface area contributed by atoms with Gasteiger partial charge in [-0.05, 0) is 44.4 Å². The highest BCUT2D eigenvalue weighted by Gasteiger charge is 2.43. The minimum atomic E-state index is -0.927. The van der Waals surface area contributed by atoms with Crippen molar-refractivity contribution < 1.29 is 19.7 Å². The predicted octanol–water partition coefficient (Wildman–Crippen LogP) is 3.05. The van der Waals surface area contributed by atoms with Crippen molar-refractivity contribution in [3.63, 3.8) is 0 Å². The second kappa shape index (κ2) is 7.80. The number of aliphatic hydroxyl groups is 2. The first-order valence-corrected chi connectivity index (χ1v) is 9.31. The van der Waals surface area contributed by atoms with Gasteiger partial charge in [0.1, 0.15) is 0 Å². The van der Waals surface area contributed by atoms with Crippen LogP contribution in [-0.4, -0.2) is 39.5 Å². The van der Waals surface area contributed by atoms with Crippen molar-refractivity contribution in [3.8, 4) is 0 Å². The van der Waals surface area contributed by atoms with Crippen LogP contribution in [0, 0.1) is 0 Å². The standard InChI is InChI=1S/C22H27NO4/c1-4-27-19(24)13-15-9-11-16(12-10-15)14-22(2,3)23-20(25)17-7-5-6-8-18(17)21(23)26/h5-12,19-20,24-25H,4,13-14H2,1-3H3. The SMILES string of the molecule is CCOC(O)Cc1ccc(CC(C)(C)N2C(=O)c3ccccc3C2O)cc1. The summed E-state index contributed by atoms with van der Waals surface area (Å²) in [6, 6.07) is 15.1. The van der Waals surface area contributed by atoms with E-state index in [0.29, 0.717) is 30.6 Å². The molecule has 1 heterocycles. The zero-order chi connectivity index (χ0) is 19.6. The highest BCUT2D eigenvalue weighted by Crippen LogP contribution is 2.38. The van der Waals surface area contributed by atoms with Crippen molar-refractivity contribution in [1.82, 2.24) is 4.90 Å². The van der Waals surface area contributed by atoms with Crippen LogP contribution in [0.25, 0.3) is 0 Å². The number of hydrogen-bond donors (Lipinski definition) is 2. The number of rotatable bonds is 7. The number of nitrogens with zero attached hydrogens (tertiary/aromatic N) is 1. The fourth-order valence-electron chi connectivity index (χ4n) is 3.73. The number of hydrogen-bond acceptors (Lipinski definition) is 4. The molecule has 27 heavy (non-hydrogen) atoms. The van der Waals surface area contributed by atoms with Crippen LogP contribution >= 0.6 is 0 Å². The Morgan fingerprint density at radius 3 is 2.37 bits per heavy atom. The lowest BCUT2D eigenvalue weighted by molar-refractivity contribution is -0.0927. The van der Waals surface area contributed by atoms with Crippen molar-refractivity contribution >= 4 is 5.91 Å². The Bertz CT molecular complexity index is 800. The lowest BCUT2D eigenvalue weighted by Gasteiger charge is -2.38. The van der Waals surface area contributed by atoms with Crippen LogP contribution < -0.4 is 0 Å². The van der Waals surface area contributed by atoms with Gasteiger partial charge in [-0.15, -0.1) is 0 Å². The monoisotopic (exact) mass is 369 g/mol. The van der Waals surface area contributed by atoms with Crippen LogP contribution in [0.4, 0.5) is 0 Å². The zero-order valence-electron chi connectivity index (χ0n) is 16.1. The van der Waals surface area contributed by atoms with Crippen LogP contribution in [-0.2, 0) is 17.6 Å². The third kappa shape index (κ3) is 4.05. The van der Waals surface area contributed by atoms with Crippen LogP contribution in [0.3, 0.4) is 0 Å². The van der Waals surface area contributed by atoms with Gasteiger partial charge in [0.15, 0.2) is 12.5 Å². The number of carbonyl (C=O) groups is 1.